The first-order valence-electron chi connectivity index (χ1n) is 2.82. The smallest absolute Gasteiger partial charge is 0.310 e. The summed E-state index contributed by atoms with van der Waals surface area (Å²) in [5.74, 6) is -2.34. The van der Waals surface area contributed by atoms with Gasteiger partial charge in [-0.2, -0.15) is 0 Å². The molecule has 0 fully saturated rings. The van der Waals surface area contributed by atoms with E-state index in [2.05, 4.69) is 6.58 Å². The molecule has 10 heavy (non-hydrogen) atoms. The van der Waals surface area contributed by atoms with Gasteiger partial charge < -0.3 is 4.52 Å². The molecule has 0 saturated carbocycles. The second-order valence-electron chi connectivity index (χ2n) is 1.43. The van der Waals surface area contributed by atoms with Crippen LogP contribution in [0.5, 0.6) is 0 Å². The lowest BCUT2D eigenvalue weighted by Gasteiger charge is -2.06. The minimum Gasteiger partial charge on any atom is -0.310 e. The van der Waals surface area contributed by atoms with E-state index in [0.717, 1.165) is 11.4 Å². The number of halogens is 1. The normalized spacial score (nSPS) is 16.2. The van der Waals surface area contributed by atoms with Crippen molar-refractivity contribution in [3.05, 3.63) is 12.7 Å². The van der Waals surface area contributed by atoms with Gasteiger partial charge in [0.25, 0.3) is 0 Å². The average Bonchev–Trinajstić information content (AvgIpc) is 1.84. The maximum absolute atomic E-state index is 11.0. The zero-order valence-electron chi connectivity index (χ0n) is 5.75. The van der Waals surface area contributed by atoms with Gasteiger partial charge in [-0.1, -0.05) is 6.08 Å². The lowest BCUT2D eigenvalue weighted by Crippen LogP contribution is -1.79. The Morgan fingerprint density at radius 3 is 2.90 bits per heavy atom. The summed E-state index contributed by atoms with van der Waals surface area (Å²) in [7, 11) is 0. The van der Waals surface area contributed by atoms with Gasteiger partial charge in [0.05, 0.1) is 6.61 Å². The minimum atomic E-state index is -2.89. The van der Waals surface area contributed by atoms with Gasteiger partial charge in [0.15, 0.2) is 0 Å². The van der Waals surface area contributed by atoms with Crippen LogP contribution >= 0.6 is 28.5 Å². The van der Waals surface area contributed by atoms with Crippen LogP contribution in [0.2, 0.25) is 0 Å². The Balaban J connectivity index is 3.63. The van der Waals surface area contributed by atoms with E-state index in [9.17, 15) is 4.57 Å². The topological polar surface area (TPSA) is 26.3 Å². The molecule has 60 valence electrons. The lowest BCUT2D eigenvalue weighted by molar-refractivity contribution is 0.356. The molecular weight excluding hydrogens is 191 g/mol. The van der Waals surface area contributed by atoms with Gasteiger partial charge in [-0.05, 0) is 29.5 Å². The molecule has 0 bridgehead atoms. The van der Waals surface area contributed by atoms with Gasteiger partial charge in [-0.3, -0.25) is 4.57 Å². The fraction of sp³-hybridized carbons (Fsp3) is 0.600. The molecule has 0 saturated heterocycles. The van der Waals surface area contributed by atoms with E-state index >= 15 is 0 Å². The summed E-state index contributed by atoms with van der Waals surface area (Å²) < 4.78 is 15.8. The first-order valence-corrected chi connectivity index (χ1v) is 6.94. The van der Waals surface area contributed by atoms with Crippen molar-refractivity contribution in [3.8, 4) is 0 Å². The molecule has 0 N–H and O–H groups in total. The molecule has 0 amide bonds. The molecule has 0 aliphatic carbocycles. The summed E-state index contributed by atoms with van der Waals surface area (Å²) in [6.07, 6.45) is 1.64. The van der Waals surface area contributed by atoms with E-state index in [-0.39, 0.29) is 0 Å². The Labute approximate surface area is 70.0 Å². The Hall–Kier alpha value is 0.570. The minimum absolute atomic E-state index is 0.380. The van der Waals surface area contributed by atoms with E-state index in [1.807, 2.05) is 0 Å². The summed E-state index contributed by atoms with van der Waals surface area (Å²) in [5.41, 5.74) is 0. The number of hydrogen-bond acceptors (Lipinski definition) is 3. The third-order valence-electron chi connectivity index (χ3n) is 0.630. The maximum Gasteiger partial charge on any atom is 0.346 e. The molecule has 0 radical (unpaired) electrons. The van der Waals surface area contributed by atoms with Crippen LogP contribution in [-0.4, -0.2) is 12.4 Å². The van der Waals surface area contributed by atoms with Gasteiger partial charge in [-0.15, -0.1) is 6.58 Å². The summed E-state index contributed by atoms with van der Waals surface area (Å²) >= 11 is 6.55. The van der Waals surface area contributed by atoms with Gasteiger partial charge in [0, 0.05) is 5.75 Å². The highest BCUT2D eigenvalue weighted by molar-refractivity contribution is 8.63. The molecule has 0 aromatic carbocycles. The maximum atomic E-state index is 11.0. The average molecular weight is 201 g/mol. The first-order chi connectivity index (χ1) is 4.62. The first kappa shape index (κ1) is 10.6. The zero-order valence-corrected chi connectivity index (χ0v) is 8.22. The van der Waals surface area contributed by atoms with Gasteiger partial charge in [-0.25, -0.2) is 0 Å². The molecule has 0 aliphatic rings. The molecule has 0 aliphatic heterocycles. The van der Waals surface area contributed by atoms with Crippen molar-refractivity contribution in [2.75, 3.05) is 12.4 Å². The second-order valence-corrected chi connectivity index (χ2v) is 7.30. The highest BCUT2D eigenvalue weighted by Gasteiger charge is 2.17. The van der Waals surface area contributed by atoms with Crippen LogP contribution in [0.4, 0.5) is 0 Å². The fourth-order valence-corrected chi connectivity index (χ4v) is 3.19. The van der Waals surface area contributed by atoms with Crippen LogP contribution in [0.3, 0.4) is 0 Å². The van der Waals surface area contributed by atoms with E-state index in [1.165, 1.54) is 0 Å². The largest absolute Gasteiger partial charge is 0.346 e. The monoisotopic (exact) mass is 200 g/mol. The second kappa shape index (κ2) is 5.25. The highest BCUT2D eigenvalue weighted by Crippen LogP contribution is 2.64. The van der Waals surface area contributed by atoms with Crippen LogP contribution in [0.15, 0.2) is 12.7 Å². The molecule has 0 heterocycles. The molecule has 1 unspecified atom stereocenters. The van der Waals surface area contributed by atoms with E-state index in [4.69, 9.17) is 15.8 Å². The van der Waals surface area contributed by atoms with Crippen molar-refractivity contribution in [2.24, 2.45) is 0 Å². The van der Waals surface area contributed by atoms with Crippen molar-refractivity contribution in [1.29, 1.82) is 0 Å². The van der Waals surface area contributed by atoms with Gasteiger partial charge >= 0.3 is 5.92 Å². The van der Waals surface area contributed by atoms with Crippen molar-refractivity contribution >= 4 is 28.5 Å². The van der Waals surface area contributed by atoms with Gasteiger partial charge in [0.2, 0.25) is 0 Å². The Bertz CT molecular complexity index is 151. The third kappa shape index (κ3) is 5.36. The third-order valence-corrected chi connectivity index (χ3v) is 4.75. The summed E-state index contributed by atoms with van der Waals surface area (Å²) in [5, 5.41) is 0. The summed E-state index contributed by atoms with van der Waals surface area (Å²) in [6.45, 7) is 5.60. The van der Waals surface area contributed by atoms with Crippen LogP contribution in [0.25, 0.3) is 0 Å². The molecule has 0 rings (SSSR count). The van der Waals surface area contributed by atoms with Crippen molar-refractivity contribution < 1.29 is 9.09 Å². The standard InChI is InChI=1S/C5H10ClO2PS/c1-3-5-10-9(6,7)8-4-2/h3H,1,4-5H2,2H3. The predicted molar refractivity (Wildman–Crippen MR) is 47.7 cm³/mol. The molecule has 5 heteroatoms. The number of hydrogen-bond donors (Lipinski definition) is 0. The molecular formula is C5H10ClO2PS. The van der Waals surface area contributed by atoms with Crippen LogP contribution in [0, 0.1) is 0 Å². The molecule has 0 spiro atoms. The van der Waals surface area contributed by atoms with E-state index < -0.39 is 5.92 Å². The zero-order chi connectivity index (χ0) is 8.04. The lowest BCUT2D eigenvalue weighted by atomic mass is 10.8. The Kier molecular flexibility index (Phi) is 5.55. The molecule has 2 nitrogen and oxygen atoms in total. The van der Waals surface area contributed by atoms with Crippen LogP contribution in [-0.2, 0) is 9.09 Å². The SMILES string of the molecule is C=CCSP(=O)(Cl)OCC. The van der Waals surface area contributed by atoms with E-state index in [0.29, 0.717) is 12.4 Å². The summed E-state index contributed by atoms with van der Waals surface area (Å²) in [4.78, 5) is 0. The van der Waals surface area contributed by atoms with Crippen LogP contribution in [0.1, 0.15) is 6.92 Å². The quantitative estimate of drug-likeness (QED) is 0.503. The molecule has 0 aromatic heterocycles. The van der Waals surface area contributed by atoms with Crippen molar-refractivity contribution in [1.82, 2.24) is 0 Å². The highest BCUT2D eigenvalue weighted by atomic mass is 35.7. The number of rotatable bonds is 5. The van der Waals surface area contributed by atoms with Crippen molar-refractivity contribution in [3.63, 3.8) is 0 Å². The Morgan fingerprint density at radius 2 is 2.50 bits per heavy atom. The molecule has 1 atom stereocenters. The molecule has 0 aromatic rings. The van der Waals surface area contributed by atoms with Crippen LogP contribution < -0.4 is 0 Å². The van der Waals surface area contributed by atoms with Crippen molar-refractivity contribution in [2.45, 2.75) is 6.92 Å². The summed E-state index contributed by atoms with van der Waals surface area (Å²) in [6, 6.07) is 0. The predicted octanol–water partition coefficient (Wildman–Crippen LogP) is 3.29. The van der Waals surface area contributed by atoms with E-state index in [1.54, 1.807) is 13.0 Å². The fourth-order valence-electron chi connectivity index (χ4n) is 0.333. The van der Waals surface area contributed by atoms with Gasteiger partial charge in [0.1, 0.15) is 0 Å². The Morgan fingerprint density at radius 1 is 1.90 bits per heavy atom.